The van der Waals surface area contributed by atoms with Gasteiger partial charge in [-0.3, -0.25) is 4.79 Å². The lowest BCUT2D eigenvalue weighted by Crippen LogP contribution is -2.01. The number of rotatable bonds is 5. The van der Waals surface area contributed by atoms with E-state index in [0.29, 0.717) is 28.3 Å². The minimum absolute atomic E-state index is 0.0499. The molecule has 0 fully saturated rings. The molecule has 164 valence electrons. The summed E-state index contributed by atoms with van der Waals surface area (Å²) in [6, 6.07) is 11.0. The molecule has 0 aliphatic heterocycles. The SMILES string of the molecule is COc1ccc(-c2nc(-c3cc(O)c(O)c(OC)c3)[nH]c2-c2oc(C)cc(=O)c2O)cc1. The third-order valence-electron chi connectivity index (χ3n) is 4.89. The molecule has 9 nitrogen and oxygen atoms in total. The fraction of sp³-hybridized carbons (Fsp3) is 0.130. The van der Waals surface area contributed by atoms with Gasteiger partial charge in [0.25, 0.3) is 0 Å². The van der Waals surface area contributed by atoms with E-state index >= 15 is 0 Å². The number of methoxy groups -OCH3 is 2. The van der Waals surface area contributed by atoms with Gasteiger partial charge in [-0.25, -0.2) is 4.98 Å². The van der Waals surface area contributed by atoms with Crippen LogP contribution < -0.4 is 14.9 Å². The maximum Gasteiger partial charge on any atom is 0.227 e. The maximum atomic E-state index is 12.2. The van der Waals surface area contributed by atoms with Gasteiger partial charge >= 0.3 is 0 Å². The molecule has 4 rings (SSSR count). The van der Waals surface area contributed by atoms with Gasteiger partial charge in [-0.1, -0.05) is 0 Å². The number of phenols is 2. The fourth-order valence-corrected chi connectivity index (χ4v) is 3.29. The Kier molecular flexibility index (Phi) is 5.23. The van der Waals surface area contributed by atoms with Crippen LogP contribution in [0.4, 0.5) is 0 Å². The normalized spacial score (nSPS) is 10.8. The van der Waals surface area contributed by atoms with E-state index in [0.717, 1.165) is 0 Å². The molecule has 0 aliphatic carbocycles. The average Bonchev–Trinajstić information content (AvgIpc) is 3.23. The summed E-state index contributed by atoms with van der Waals surface area (Å²) in [5, 5.41) is 30.4. The monoisotopic (exact) mass is 436 g/mol. The van der Waals surface area contributed by atoms with Gasteiger partial charge in [0, 0.05) is 17.2 Å². The van der Waals surface area contributed by atoms with Crippen molar-refractivity contribution in [1.82, 2.24) is 9.97 Å². The second-order valence-corrected chi connectivity index (χ2v) is 6.98. The number of benzene rings is 2. The van der Waals surface area contributed by atoms with Crippen molar-refractivity contribution in [3.05, 3.63) is 58.4 Å². The molecule has 0 radical (unpaired) electrons. The van der Waals surface area contributed by atoms with Crippen LogP contribution in [-0.4, -0.2) is 39.5 Å². The van der Waals surface area contributed by atoms with E-state index in [2.05, 4.69) is 9.97 Å². The molecule has 0 atom stereocenters. The number of nitrogens with one attached hydrogen (secondary N) is 1. The largest absolute Gasteiger partial charge is 0.504 e. The number of nitrogens with zero attached hydrogens (tertiary/aromatic N) is 1. The Morgan fingerprint density at radius 1 is 0.938 bits per heavy atom. The third kappa shape index (κ3) is 3.60. The van der Waals surface area contributed by atoms with Gasteiger partial charge in [0.05, 0.1) is 14.2 Å². The van der Waals surface area contributed by atoms with Crippen molar-refractivity contribution in [2.75, 3.05) is 14.2 Å². The summed E-state index contributed by atoms with van der Waals surface area (Å²) in [6.45, 7) is 1.59. The molecule has 2 aromatic heterocycles. The van der Waals surface area contributed by atoms with Crippen LogP contribution in [0.15, 0.2) is 51.7 Å². The summed E-state index contributed by atoms with van der Waals surface area (Å²) in [7, 11) is 2.91. The van der Waals surface area contributed by atoms with Gasteiger partial charge in [-0.05, 0) is 43.3 Å². The van der Waals surface area contributed by atoms with Crippen LogP contribution in [-0.2, 0) is 0 Å². The van der Waals surface area contributed by atoms with Gasteiger partial charge in [-0.2, -0.15) is 0 Å². The number of phenolic OH excluding ortho intramolecular Hbond substituents is 2. The second kappa shape index (κ2) is 8.03. The molecule has 2 heterocycles. The number of aromatic nitrogens is 2. The van der Waals surface area contributed by atoms with E-state index in [1.54, 1.807) is 38.3 Å². The number of H-pyrrole nitrogens is 1. The van der Waals surface area contributed by atoms with E-state index < -0.39 is 22.7 Å². The molecule has 0 unspecified atom stereocenters. The van der Waals surface area contributed by atoms with E-state index in [4.69, 9.17) is 13.9 Å². The number of aryl methyl sites for hydroxylation is 1. The molecule has 0 spiro atoms. The quantitative estimate of drug-likeness (QED) is 0.347. The number of hydrogen-bond acceptors (Lipinski definition) is 8. The van der Waals surface area contributed by atoms with Crippen molar-refractivity contribution < 1.29 is 29.2 Å². The summed E-state index contributed by atoms with van der Waals surface area (Å²) >= 11 is 0. The molecule has 4 aromatic rings. The highest BCUT2D eigenvalue weighted by Crippen LogP contribution is 2.41. The first kappa shape index (κ1) is 20.9. The minimum Gasteiger partial charge on any atom is -0.504 e. The Morgan fingerprint density at radius 2 is 1.66 bits per heavy atom. The minimum atomic E-state index is -0.593. The lowest BCUT2D eigenvalue weighted by Gasteiger charge is -2.07. The highest BCUT2D eigenvalue weighted by Gasteiger charge is 2.23. The predicted octanol–water partition coefficient (Wildman–Crippen LogP) is 3.81. The zero-order valence-electron chi connectivity index (χ0n) is 17.5. The molecule has 0 saturated heterocycles. The molecule has 0 bridgehead atoms. The van der Waals surface area contributed by atoms with Crippen LogP contribution in [0, 0.1) is 6.92 Å². The van der Waals surface area contributed by atoms with Gasteiger partial charge in [0.15, 0.2) is 17.3 Å². The highest BCUT2D eigenvalue weighted by molar-refractivity contribution is 5.82. The van der Waals surface area contributed by atoms with Crippen LogP contribution in [0.2, 0.25) is 0 Å². The molecule has 0 aliphatic rings. The number of aromatic hydroxyl groups is 3. The first-order valence-corrected chi connectivity index (χ1v) is 9.51. The summed E-state index contributed by atoms with van der Waals surface area (Å²) < 4.78 is 16.0. The van der Waals surface area contributed by atoms with E-state index in [1.807, 2.05) is 0 Å². The molecule has 9 heteroatoms. The zero-order valence-corrected chi connectivity index (χ0v) is 17.5. The Bertz CT molecular complexity index is 1350. The topological polar surface area (TPSA) is 138 Å². The summed E-state index contributed by atoms with van der Waals surface area (Å²) in [5.74, 6) is -0.153. The fourth-order valence-electron chi connectivity index (χ4n) is 3.29. The first-order chi connectivity index (χ1) is 15.3. The molecule has 32 heavy (non-hydrogen) atoms. The second-order valence-electron chi connectivity index (χ2n) is 6.98. The summed E-state index contributed by atoms with van der Waals surface area (Å²) in [4.78, 5) is 19.8. The van der Waals surface area contributed by atoms with Crippen LogP contribution in [0.3, 0.4) is 0 Å². The standard InChI is InChI=1S/C23H20N2O7/c1-11-8-15(26)21(29)22(32-11)19-18(12-4-6-14(30-2)7-5-12)24-23(25-19)13-9-16(27)20(28)17(10-13)31-3/h4-10,27-29H,1-3H3,(H,24,25). The number of imidazole rings is 1. The van der Waals surface area contributed by atoms with Crippen LogP contribution in [0.5, 0.6) is 28.7 Å². The van der Waals surface area contributed by atoms with Crippen molar-refractivity contribution >= 4 is 0 Å². The number of ether oxygens (including phenoxy) is 2. The number of hydrogen-bond donors (Lipinski definition) is 4. The molecular formula is C23H20N2O7. The summed E-state index contributed by atoms with van der Waals surface area (Å²) in [6.07, 6.45) is 0. The van der Waals surface area contributed by atoms with E-state index in [-0.39, 0.29) is 23.0 Å². The Hall–Kier alpha value is -4.40. The first-order valence-electron chi connectivity index (χ1n) is 9.51. The van der Waals surface area contributed by atoms with Gasteiger partial charge in [0.2, 0.25) is 16.9 Å². The van der Waals surface area contributed by atoms with Crippen molar-refractivity contribution in [2.45, 2.75) is 6.92 Å². The van der Waals surface area contributed by atoms with Crippen molar-refractivity contribution in [2.24, 2.45) is 0 Å². The molecule has 4 N–H and O–H groups in total. The van der Waals surface area contributed by atoms with Gasteiger partial charge in [0.1, 0.15) is 28.7 Å². The lowest BCUT2D eigenvalue weighted by atomic mass is 10.1. The molecular weight excluding hydrogens is 416 g/mol. The molecule has 0 saturated carbocycles. The predicted molar refractivity (Wildman–Crippen MR) is 116 cm³/mol. The van der Waals surface area contributed by atoms with Crippen molar-refractivity contribution in [1.29, 1.82) is 0 Å². The molecule has 2 aromatic carbocycles. The zero-order chi connectivity index (χ0) is 23.0. The van der Waals surface area contributed by atoms with Crippen molar-refractivity contribution in [3.63, 3.8) is 0 Å². The lowest BCUT2D eigenvalue weighted by molar-refractivity contribution is 0.351. The van der Waals surface area contributed by atoms with E-state index in [9.17, 15) is 20.1 Å². The highest BCUT2D eigenvalue weighted by atomic mass is 16.5. The van der Waals surface area contributed by atoms with E-state index in [1.165, 1.54) is 25.3 Å². The van der Waals surface area contributed by atoms with Gasteiger partial charge in [-0.15, -0.1) is 0 Å². The summed E-state index contributed by atoms with van der Waals surface area (Å²) in [5.41, 5.74) is 1.10. The maximum absolute atomic E-state index is 12.2. The van der Waals surface area contributed by atoms with Crippen LogP contribution in [0.1, 0.15) is 5.76 Å². The molecule has 0 amide bonds. The third-order valence-corrected chi connectivity index (χ3v) is 4.89. The smallest absolute Gasteiger partial charge is 0.227 e. The average molecular weight is 436 g/mol. The Balaban J connectivity index is 1.98. The van der Waals surface area contributed by atoms with Crippen LogP contribution in [0.25, 0.3) is 34.1 Å². The van der Waals surface area contributed by atoms with Crippen LogP contribution >= 0.6 is 0 Å². The Morgan fingerprint density at radius 3 is 2.31 bits per heavy atom. The number of aromatic amines is 1. The Labute approximate surface area is 182 Å². The van der Waals surface area contributed by atoms with Crippen molar-refractivity contribution in [3.8, 4) is 62.8 Å². The van der Waals surface area contributed by atoms with Gasteiger partial charge < -0.3 is 34.2 Å².